The molecule has 7 heteroatoms. The van der Waals surface area contributed by atoms with Gasteiger partial charge in [0.05, 0.1) is 16.3 Å². The second-order valence-electron chi connectivity index (χ2n) is 4.26. The van der Waals surface area contributed by atoms with E-state index in [0.717, 1.165) is 0 Å². The summed E-state index contributed by atoms with van der Waals surface area (Å²) >= 11 is 9.10. The zero-order chi connectivity index (χ0) is 16.1. The van der Waals surface area contributed by atoms with Crippen molar-refractivity contribution < 1.29 is 19.4 Å². The number of aromatic carboxylic acids is 1. The minimum atomic E-state index is -1.14. The van der Waals surface area contributed by atoms with Crippen LogP contribution in [0.15, 0.2) is 46.9 Å². The molecule has 114 valence electrons. The maximum absolute atomic E-state index is 11.9. The van der Waals surface area contributed by atoms with Crippen molar-refractivity contribution >= 4 is 45.1 Å². The highest BCUT2D eigenvalue weighted by Gasteiger charge is 2.13. The lowest BCUT2D eigenvalue weighted by molar-refractivity contribution is -0.118. The first-order chi connectivity index (χ1) is 10.5. The Morgan fingerprint density at radius 2 is 1.95 bits per heavy atom. The van der Waals surface area contributed by atoms with Gasteiger partial charge in [-0.05, 0) is 30.3 Å². The Morgan fingerprint density at radius 1 is 1.23 bits per heavy atom. The predicted molar refractivity (Wildman–Crippen MR) is 86.7 cm³/mol. The molecule has 0 atom stereocenters. The summed E-state index contributed by atoms with van der Waals surface area (Å²) in [6, 6.07) is 11.3. The Morgan fingerprint density at radius 3 is 2.64 bits per heavy atom. The number of carboxylic acids is 1. The molecule has 5 nitrogen and oxygen atoms in total. The summed E-state index contributed by atoms with van der Waals surface area (Å²) in [7, 11) is 0. The smallest absolute Gasteiger partial charge is 0.337 e. The molecule has 0 aromatic heterocycles. The molecule has 1 amide bonds. The standard InChI is InChI=1S/C15H11BrClNO4/c16-9-5-6-12(10(7-9)15(20)21)18-14(19)8-22-13-4-2-1-3-11(13)17/h1-7H,8H2,(H,18,19)(H,20,21). The van der Waals surface area contributed by atoms with Crippen LogP contribution in [-0.2, 0) is 4.79 Å². The maximum atomic E-state index is 11.9. The van der Waals surface area contributed by atoms with Crippen molar-refractivity contribution in [3.05, 3.63) is 57.5 Å². The van der Waals surface area contributed by atoms with Crippen molar-refractivity contribution in [3.63, 3.8) is 0 Å². The number of anilines is 1. The summed E-state index contributed by atoms with van der Waals surface area (Å²) in [5.41, 5.74) is 0.184. The normalized spacial score (nSPS) is 10.1. The molecule has 0 spiro atoms. The molecule has 0 unspecified atom stereocenters. The van der Waals surface area contributed by atoms with Crippen LogP contribution in [-0.4, -0.2) is 23.6 Å². The van der Waals surface area contributed by atoms with E-state index in [-0.39, 0.29) is 17.9 Å². The number of carbonyl (C=O) groups excluding carboxylic acids is 1. The minimum Gasteiger partial charge on any atom is -0.482 e. The Labute approximate surface area is 140 Å². The number of para-hydroxylation sites is 1. The quantitative estimate of drug-likeness (QED) is 0.822. The summed E-state index contributed by atoms with van der Waals surface area (Å²) in [5.74, 6) is -1.23. The van der Waals surface area contributed by atoms with Crippen LogP contribution in [0.1, 0.15) is 10.4 Å². The molecule has 0 aliphatic rings. The number of hydrogen-bond donors (Lipinski definition) is 2. The van der Waals surface area contributed by atoms with E-state index in [1.807, 2.05) is 0 Å². The number of hydrogen-bond acceptors (Lipinski definition) is 3. The number of amides is 1. The highest BCUT2D eigenvalue weighted by molar-refractivity contribution is 9.10. The van der Waals surface area contributed by atoms with E-state index < -0.39 is 11.9 Å². The Kier molecular flexibility index (Phi) is 5.41. The van der Waals surface area contributed by atoms with Gasteiger partial charge in [0.15, 0.2) is 6.61 Å². The minimum absolute atomic E-state index is 0.0135. The predicted octanol–water partition coefficient (Wildman–Crippen LogP) is 3.82. The number of nitrogens with one attached hydrogen (secondary N) is 1. The lowest BCUT2D eigenvalue weighted by atomic mass is 10.2. The molecule has 0 saturated carbocycles. The van der Waals surface area contributed by atoms with Crippen LogP contribution in [0.3, 0.4) is 0 Å². The number of rotatable bonds is 5. The Bertz CT molecular complexity index is 720. The van der Waals surface area contributed by atoms with E-state index in [0.29, 0.717) is 15.2 Å². The molecule has 2 aromatic carbocycles. The first kappa shape index (κ1) is 16.3. The summed E-state index contributed by atoms with van der Waals surface area (Å²) in [4.78, 5) is 23.0. The Balaban J connectivity index is 2.04. The molecule has 0 aliphatic heterocycles. The summed E-state index contributed by atoms with van der Waals surface area (Å²) in [6.45, 7) is -0.279. The molecule has 0 fully saturated rings. The molecular weight excluding hydrogens is 374 g/mol. The fraction of sp³-hybridized carbons (Fsp3) is 0.0667. The number of ether oxygens (including phenoxy) is 1. The highest BCUT2D eigenvalue weighted by Crippen LogP contribution is 2.24. The monoisotopic (exact) mass is 383 g/mol. The fourth-order valence-corrected chi connectivity index (χ4v) is 2.25. The van der Waals surface area contributed by atoms with Crippen LogP contribution in [0.25, 0.3) is 0 Å². The van der Waals surface area contributed by atoms with Crippen LogP contribution < -0.4 is 10.1 Å². The molecule has 0 saturated heterocycles. The van der Waals surface area contributed by atoms with Crippen LogP contribution in [0.5, 0.6) is 5.75 Å². The molecule has 2 aromatic rings. The van der Waals surface area contributed by atoms with Gasteiger partial charge in [0.25, 0.3) is 5.91 Å². The van der Waals surface area contributed by atoms with Crippen LogP contribution in [0.4, 0.5) is 5.69 Å². The van der Waals surface area contributed by atoms with E-state index in [1.54, 1.807) is 30.3 Å². The van der Waals surface area contributed by atoms with Crippen LogP contribution in [0.2, 0.25) is 5.02 Å². The zero-order valence-corrected chi connectivity index (χ0v) is 13.5. The average Bonchev–Trinajstić information content (AvgIpc) is 2.48. The van der Waals surface area contributed by atoms with Gasteiger partial charge in [0.2, 0.25) is 0 Å². The number of carboxylic acid groups (broad SMARTS) is 1. The lowest BCUT2D eigenvalue weighted by Gasteiger charge is -2.10. The SMILES string of the molecule is O=C(COc1ccccc1Cl)Nc1ccc(Br)cc1C(=O)O. The molecule has 2 N–H and O–H groups in total. The van der Waals surface area contributed by atoms with Crippen molar-refractivity contribution in [2.24, 2.45) is 0 Å². The highest BCUT2D eigenvalue weighted by atomic mass is 79.9. The number of benzene rings is 2. The van der Waals surface area contributed by atoms with Crippen molar-refractivity contribution in [1.82, 2.24) is 0 Å². The van der Waals surface area contributed by atoms with Gasteiger partial charge >= 0.3 is 5.97 Å². The summed E-state index contributed by atoms with van der Waals surface area (Å²) in [6.07, 6.45) is 0. The average molecular weight is 385 g/mol. The largest absolute Gasteiger partial charge is 0.482 e. The van der Waals surface area contributed by atoms with E-state index in [2.05, 4.69) is 21.2 Å². The Hall–Kier alpha value is -2.05. The second-order valence-corrected chi connectivity index (χ2v) is 5.59. The van der Waals surface area contributed by atoms with Crippen LogP contribution >= 0.6 is 27.5 Å². The second kappa shape index (κ2) is 7.29. The summed E-state index contributed by atoms with van der Waals surface area (Å²) in [5, 5.41) is 12.0. The molecule has 2 rings (SSSR count). The molecule has 0 heterocycles. The van der Waals surface area contributed by atoms with Gasteiger partial charge < -0.3 is 15.2 Å². The van der Waals surface area contributed by atoms with E-state index in [1.165, 1.54) is 12.1 Å². The maximum Gasteiger partial charge on any atom is 0.337 e. The van der Waals surface area contributed by atoms with Gasteiger partial charge in [-0.2, -0.15) is 0 Å². The molecule has 0 radical (unpaired) electrons. The van der Waals surface area contributed by atoms with Crippen molar-refractivity contribution in [2.75, 3.05) is 11.9 Å². The summed E-state index contributed by atoms with van der Waals surface area (Å²) < 4.78 is 5.90. The molecule has 0 bridgehead atoms. The molecule has 0 aliphatic carbocycles. The van der Waals surface area contributed by atoms with E-state index in [9.17, 15) is 9.59 Å². The van der Waals surface area contributed by atoms with Gasteiger partial charge in [0, 0.05) is 4.47 Å². The number of halogens is 2. The third-order valence-corrected chi connectivity index (χ3v) is 3.49. The first-order valence-electron chi connectivity index (χ1n) is 6.17. The van der Waals surface area contributed by atoms with Gasteiger partial charge in [-0.1, -0.05) is 39.7 Å². The third-order valence-electron chi connectivity index (χ3n) is 2.68. The van der Waals surface area contributed by atoms with Gasteiger partial charge in [0.1, 0.15) is 5.75 Å². The van der Waals surface area contributed by atoms with Crippen molar-refractivity contribution in [2.45, 2.75) is 0 Å². The van der Waals surface area contributed by atoms with Gasteiger partial charge in [-0.25, -0.2) is 4.79 Å². The van der Waals surface area contributed by atoms with E-state index in [4.69, 9.17) is 21.4 Å². The van der Waals surface area contributed by atoms with Gasteiger partial charge in [-0.3, -0.25) is 4.79 Å². The fourth-order valence-electron chi connectivity index (χ4n) is 1.69. The third kappa shape index (κ3) is 4.22. The number of carbonyl (C=O) groups is 2. The zero-order valence-electron chi connectivity index (χ0n) is 11.2. The van der Waals surface area contributed by atoms with E-state index >= 15 is 0 Å². The van der Waals surface area contributed by atoms with Crippen LogP contribution in [0, 0.1) is 0 Å². The lowest BCUT2D eigenvalue weighted by Crippen LogP contribution is -2.21. The van der Waals surface area contributed by atoms with Crippen molar-refractivity contribution in [1.29, 1.82) is 0 Å². The molecule has 22 heavy (non-hydrogen) atoms. The topological polar surface area (TPSA) is 75.6 Å². The molecular formula is C15H11BrClNO4. The first-order valence-corrected chi connectivity index (χ1v) is 7.34. The van der Waals surface area contributed by atoms with Gasteiger partial charge in [-0.15, -0.1) is 0 Å². The van der Waals surface area contributed by atoms with Crippen molar-refractivity contribution in [3.8, 4) is 5.75 Å².